The third kappa shape index (κ3) is 7.71. The van der Waals surface area contributed by atoms with Gasteiger partial charge in [-0.3, -0.25) is 24.0 Å². The first kappa shape index (κ1) is 33.0. The summed E-state index contributed by atoms with van der Waals surface area (Å²) in [7, 11) is 1.76. The number of amides is 2. The van der Waals surface area contributed by atoms with Gasteiger partial charge < -0.3 is 20.2 Å². The number of fused-ring (bicyclic) bond motifs is 1. The second-order valence-electron chi connectivity index (χ2n) is 12.8. The fraction of sp³-hybridized carbons (Fsp3) is 0.677. The SMILES string of the molecule is Cn1c(=O)n(C2CCC(=O)NC2=O)c2ccc(N3CCC(C4CCN(CC5CCNCC5)CC4)CC3)cc21.O=C(O)C(F)(F)F. The lowest BCUT2D eigenvalue weighted by Crippen LogP contribution is -2.44. The summed E-state index contributed by atoms with van der Waals surface area (Å²) in [5.74, 6) is -0.866. The molecule has 0 saturated carbocycles. The van der Waals surface area contributed by atoms with Crippen molar-refractivity contribution in [1.82, 2.24) is 24.7 Å². The van der Waals surface area contributed by atoms with Crippen LogP contribution in [0.4, 0.5) is 18.9 Å². The number of imide groups is 1. The van der Waals surface area contributed by atoms with Crippen molar-refractivity contribution < 1.29 is 32.7 Å². The number of anilines is 1. The molecule has 4 fully saturated rings. The molecular formula is C31H43F3N6O5. The molecule has 3 N–H and O–H groups in total. The van der Waals surface area contributed by atoms with Crippen LogP contribution in [0.3, 0.4) is 0 Å². The quantitative estimate of drug-likeness (QED) is 0.428. The van der Waals surface area contributed by atoms with Gasteiger partial charge in [0, 0.05) is 38.8 Å². The average Bonchev–Trinajstić information content (AvgIpc) is 3.27. The molecule has 5 heterocycles. The Hall–Kier alpha value is -3.39. The van der Waals surface area contributed by atoms with Crippen molar-refractivity contribution in [3.63, 3.8) is 0 Å². The molecular weight excluding hydrogens is 593 g/mol. The van der Waals surface area contributed by atoms with Gasteiger partial charge in [0.05, 0.1) is 11.0 Å². The van der Waals surface area contributed by atoms with Gasteiger partial charge in [-0.25, -0.2) is 9.59 Å². The molecule has 1 aromatic carbocycles. The third-order valence-corrected chi connectivity index (χ3v) is 10.0. The van der Waals surface area contributed by atoms with E-state index in [0.717, 1.165) is 47.6 Å². The van der Waals surface area contributed by atoms with Crippen molar-refractivity contribution >= 4 is 34.5 Å². The minimum atomic E-state index is -5.08. The Bertz CT molecular complexity index is 1430. The number of aliphatic carboxylic acids is 1. The van der Waals surface area contributed by atoms with Gasteiger partial charge in [0.2, 0.25) is 11.8 Å². The van der Waals surface area contributed by atoms with Gasteiger partial charge in [0.1, 0.15) is 6.04 Å². The van der Waals surface area contributed by atoms with Gasteiger partial charge in [-0.1, -0.05) is 0 Å². The highest BCUT2D eigenvalue weighted by Gasteiger charge is 2.38. The van der Waals surface area contributed by atoms with E-state index in [1.165, 1.54) is 71.2 Å². The molecule has 4 saturated heterocycles. The number of benzene rings is 1. The largest absolute Gasteiger partial charge is 0.490 e. The molecule has 1 atom stereocenters. The Labute approximate surface area is 259 Å². The smallest absolute Gasteiger partial charge is 0.475 e. The van der Waals surface area contributed by atoms with Crippen LogP contribution in [0.15, 0.2) is 23.0 Å². The van der Waals surface area contributed by atoms with Crippen molar-refractivity contribution in [1.29, 1.82) is 0 Å². The summed E-state index contributed by atoms with van der Waals surface area (Å²) in [5.41, 5.74) is 2.52. The normalized spacial score (nSPS) is 23.1. The highest BCUT2D eigenvalue weighted by atomic mass is 19.4. The van der Waals surface area contributed by atoms with E-state index in [-0.39, 0.29) is 23.9 Å². The summed E-state index contributed by atoms with van der Waals surface area (Å²) in [6.45, 7) is 8.31. The number of alkyl halides is 3. The van der Waals surface area contributed by atoms with Gasteiger partial charge in [-0.05, 0) is 107 Å². The van der Waals surface area contributed by atoms with E-state index in [1.54, 1.807) is 16.2 Å². The number of nitrogens with zero attached hydrogens (tertiary/aromatic N) is 4. The molecule has 0 spiro atoms. The minimum Gasteiger partial charge on any atom is -0.475 e. The molecule has 0 bridgehead atoms. The van der Waals surface area contributed by atoms with Crippen LogP contribution in [0.2, 0.25) is 0 Å². The average molecular weight is 637 g/mol. The van der Waals surface area contributed by atoms with Crippen LogP contribution in [-0.2, 0) is 21.4 Å². The van der Waals surface area contributed by atoms with Gasteiger partial charge in [-0.2, -0.15) is 13.2 Å². The number of halogens is 3. The van der Waals surface area contributed by atoms with E-state index in [9.17, 15) is 27.6 Å². The Morgan fingerprint density at radius 2 is 1.51 bits per heavy atom. The van der Waals surface area contributed by atoms with Crippen molar-refractivity contribution in [2.45, 2.75) is 63.6 Å². The Morgan fingerprint density at radius 3 is 2.09 bits per heavy atom. The van der Waals surface area contributed by atoms with Gasteiger partial charge in [0.25, 0.3) is 0 Å². The Kier molecular flexibility index (Phi) is 10.2. The van der Waals surface area contributed by atoms with Crippen LogP contribution in [-0.4, -0.2) is 88.9 Å². The molecule has 0 radical (unpaired) electrons. The number of carboxylic acid groups (broad SMARTS) is 1. The van der Waals surface area contributed by atoms with E-state index in [0.29, 0.717) is 6.42 Å². The van der Waals surface area contributed by atoms with Crippen LogP contribution >= 0.6 is 0 Å². The summed E-state index contributed by atoms with van der Waals surface area (Å²) < 4.78 is 34.9. The van der Waals surface area contributed by atoms with Crippen molar-refractivity contribution in [3.8, 4) is 0 Å². The maximum Gasteiger partial charge on any atom is 0.490 e. The predicted octanol–water partition coefficient (Wildman–Crippen LogP) is 2.88. The number of hydrogen-bond acceptors (Lipinski definition) is 7. The maximum absolute atomic E-state index is 13.1. The van der Waals surface area contributed by atoms with E-state index in [4.69, 9.17) is 9.90 Å². The molecule has 248 valence electrons. The number of imidazole rings is 1. The topological polar surface area (TPSA) is 129 Å². The van der Waals surface area contributed by atoms with Crippen molar-refractivity contribution in [3.05, 3.63) is 28.7 Å². The Balaban J connectivity index is 0.000000515. The van der Waals surface area contributed by atoms with Gasteiger partial charge in [-0.15, -0.1) is 0 Å². The van der Waals surface area contributed by atoms with E-state index in [2.05, 4.69) is 32.6 Å². The first-order valence-electron chi connectivity index (χ1n) is 15.9. The zero-order chi connectivity index (χ0) is 32.3. The Morgan fingerprint density at radius 1 is 0.911 bits per heavy atom. The number of aromatic nitrogens is 2. The number of hydrogen-bond donors (Lipinski definition) is 3. The first-order chi connectivity index (χ1) is 21.4. The summed E-state index contributed by atoms with van der Waals surface area (Å²) in [6.07, 6.45) is 3.34. The van der Waals surface area contributed by atoms with Gasteiger partial charge in [0.15, 0.2) is 0 Å². The second-order valence-corrected chi connectivity index (χ2v) is 12.8. The van der Waals surface area contributed by atoms with E-state index < -0.39 is 18.2 Å². The fourth-order valence-corrected chi connectivity index (χ4v) is 7.44. The van der Waals surface area contributed by atoms with Crippen LogP contribution in [0.25, 0.3) is 11.0 Å². The molecule has 2 aromatic rings. The second kappa shape index (κ2) is 13.9. The fourth-order valence-electron chi connectivity index (χ4n) is 7.44. The number of piperidine rings is 4. The van der Waals surface area contributed by atoms with E-state index in [1.807, 2.05) is 6.07 Å². The van der Waals surface area contributed by atoms with Crippen molar-refractivity contribution in [2.24, 2.45) is 24.8 Å². The minimum absolute atomic E-state index is 0.211. The molecule has 11 nitrogen and oxygen atoms in total. The number of aryl methyl sites for hydroxylation is 1. The monoisotopic (exact) mass is 636 g/mol. The van der Waals surface area contributed by atoms with Crippen LogP contribution in [0, 0.1) is 17.8 Å². The summed E-state index contributed by atoms with van der Waals surface area (Å²) in [4.78, 5) is 51.3. The number of carbonyl (C=O) groups excluding carboxylic acids is 2. The van der Waals surface area contributed by atoms with Crippen LogP contribution < -0.4 is 21.2 Å². The summed E-state index contributed by atoms with van der Waals surface area (Å²) in [5, 5.41) is 13.0. The molecule has 45 heavy (non-hydrogen) atoms. The predicted molar refractivity (Wildman–Crippen MR) is 162 cm³/mol. The number of carbonyl (C=O) groups is 3. The highest BCUT2D eigenvalue weighted by Crippen LogP contribution is 2.35. The maximum atomic E-state index is 13.1. The molecule has 14 heteroatoms. The number of rotatable bonds is 5. The molecule has 4 aliphatic rings. The van der Waals surface area contributed by atoms with Crippen molar-refractivity contribution in [2.75, 3.05) is 50.7 Å². The first-order valence-corrected chi connectivity index (χ1v) is 15.9. The lowest BCUT2D eigenvalue weighted by Gasteiger charge is -2.41. The van der Waals surface area contributed by atoms with Gasteiger partial charge >= 0.3 is 17.8 Å². The van der Waals surface area contributed by atoms with Crippen LogP contribution in [0.5, 0.6) is 0 Å². The van der Waals surface area contributed by atoms with Crippen LogP contribution in [0.1, 0.15) is 57.4 Å². The number of carboxylic acids is 1. The molecule has 1 unspecified atom stereocenters. The zero-order valence-corrected chi connectivity index (χ0v) is 25.7. The standard InChI is InChI=1S/C29H42N6O3.C2HF3O2/c1-32-26-18-23(2-3-24(26)35(29(32)38)25-4-5-27(36)31-28(25)37)34-16-10-22(11-17-34)21-8-14-33(15-9-21)19-20-6-12-30-13-7-20;3-2(4,5)1(6)7/h2-3,18,20-22,25,30H,4-17,19H2,1H3,(H,31,36,37);(H,6,7). The summed E-state index contributed by atoms with van der Waals surface area (Å²) in [6, 6.07) is 5.51. The summed E-state index contributed by atoms with van der Waals surface area (Å²) >= 11 is 0. The lowest BCUT2D eigenvalue weighted by atomic mass is 9.78. The zero-order valence-electron chi connectivity index (χ0n) is 25.7. The number of nitrogens with one attached hydrogen (secondary N) is 2. The number of likely N-dealkylation sites (tertiary alicyclic amines) is 1. The highest BCUT2D eigenvalue weighted by molar-refractivity contribution is 6.00. The molecule has 1 aromatic heterocycles. The van der Waals surface area contributed by atoms with E-state index >= 15 is 0 Å². The molecule has 0 aliphatic carbocycles. The molecule has 4 aliphatic heterocycles. The lowest BCUT2D eigenvalue weighted by molar-refractivity contribution is -0.192. The molecule has 6 rings (SSSR count). The molecule has 2 amide bonds. The third-order valence-electron chi connectivity index (χ3n) is 10.0.